The largest absolute Gasteiger partial charge is 0.478 e. The molecule has 0 aromatic rings. The van der Waals surface area contributed by atoms with Gasteiger partial charge < -0.3 is 19.7 Å². The van der Waals surface area contributed by atoms with E-state index >= 15 is 0 Å². The van der Waals surface area contributed by atoms with Gasteiger partial charge in [0.05, 0.1) is 0 Å². The molecule has 3 aliphatic rings. The number of rotatable bonds is 6. The molecule has 2 N–H and O–H groups in total. The lowest BCUT2D eigenvalue weighted by Crippen LogP contribution is -2.63. The highest BCUT2D eigenvalue weighted by Gasteiger charge is 2.68. The maximum absolute atomic E-state index is 13.4. The first-order valence-electron chi connectivity index (χ1n) is 11.9. The SMILES string of the molecule is C=C[C@]1(C)C[C@@H](OC(=O)CO)[C@]2(C)[C@H](C)CC[C@]3(CCC(=O)[C@@H]32)[C@@H](C)[C@@H]1OC(=O)/C=C/C(=O)O. The zero-order valence-corrected chi connectivity index (χ0v) is 20.4. The molecule has 3 rings (SSSR count). The Morgan fingerprint density at radius 1 is 1.15 bits per heavy atom. The van der Waals surface area contributed by atoms with Gasteiger partial charge in [0.1, 0.15) is 24.6 Å². The average Bonchev–Trinajstić information content (AvgIpc) is 3.15. The van der Waals surface area contributed by atoms with E-state index in [9.17, 15) is 24.3 Å². The van der Waals surface area contributed by atoms with Gasteiger partial charge in [-0.05, 0) is 37.0 Å². The number of carbonyl (C=O) groups excluding carboxylic acids is 3. The summed E-state index contributed by atoms with van der Waals surface area (Å²) in [5, 5.41) is 18.3. The van der Waals surface area contributed by atoms with Gasteiger partial charge in [-0.2, -0.15) is 0 Å². The molecule has 3 fully saturated rings. The Bertz CT molecular complexity index is 908. The van der Waals surface area contributed by atoms with Crippen LogP contribution in [0.1, 0.15) is 59.8 Å². The van der Waals surface area contributed by atoms with E-state index in [1.165, 1.54) is 0 Å². The molecule has 3 saturated carbocycles. The Morgan fingerprint density at radius 3 is 2.41 bits per heavy atom. The lowest BCUT2D eigenvalue weighted by Gasteiger charge is -2.62. The van der Waals surface area contributed by atoms with Crippen molar-refractivity contribution in [2.75, 3.05) is 6.61 Å². The molecular formula is C26H36O8. The minimum absolute atomic E-state index is 0.0861. The second-order valence-electron chi connectivity index (χ2n) is 10.8. The summed E-state index contributed by atoms with van der Waals surface area (Å²) in [6, 6.07) is 0. The molecule has 0 radical (unpaired) electrons. The molecule has 0 amide bonds. The van der Waals surface area contributed by atoms with Gasteiger partial charge in [0, 0.05) is 41.2 Å². The van der Waals surface area contributed by atoms with E-state index < -0.39 is 53.0 Å². The molecule has 0 heterocycles. The summed E-state index contributed by atoms with van der Waals surface area (Å²) in [6.07, 6.45) is 4.76. The van der Waals surface area contributed by atoms with E-state index in [4.69, 9.17) is 14.6 Å². The third-order valence-corrected chi connectivity index (χ3v) is 9.26. The smallest absolute Gasteiger partial charge is 0.332 e. The minimum Gasteiger partial charge on any atom is -0.478 e. The van der Waals surface area contributed by atoms with Gasteiger partial charge in [-0.1, -0.05) is 33.8 Å². The van der Waals surface area contributed by atoms with Crippen LogP contribution in [0, 0.1) is 34.0 Å². The molecule has 0 spiro atoms. The molecule has 34 heavy (non-hydrogen) atoms. The fourth-order valence-corrected chi connectivity index (χ4v) is 7.22. The Hall–Kier alpha value is -2.48. The second-order valence-corrected chi connectivity index (χ2v) is 10.8. The molecule has 0 aliphatic heterocycles. The predicted molar refractivity (Wildman–Crippen MR) is 122 cm³/mol. The van der Waals surface area contributed by atoms with Crippen LogP contribution < -0.4 is 0 Å². The van der Waals surface area contributed by atoms with E-state index in [2.05, 4.69) is 13.5 Å². The topological polar surface area (TPSA) is 127 Å². The van der Waals surface area contributed by atoms with Gasteiger partial charge in [-0.25, -0.2) is 14.4 Å². The zero-order chi connectivity index (χ0) is 25.5. The number of esters is 2. The van der Waals surface area contributed by atoms with Crippen molar-refractivity contribution < 1.29 is 38.9 Å². The van der Waals surface area contributed by atoms with E-state index in [1.807, 2.05) is 20.8 Å². The quantitative estimate of drug-likeness (QED) is 0.340. The second kappa shape index (κ2) is 9.29. The first-order chi connectivity index (χ1) is 15.9. The fourth-order valence-electron chi connectivity index (χ4n) is 7.22. The highest BCUT2D eigenvalue weighted by Crippen LogP contribution is 2.68. The molecule has 8 atom stereocenters. The molecule has 0 aromatic heterocycles. The molecule has 0 aromatic carbocycles. The average molecular weight is 477 g/mol. The normalized spacial score (nSPS) is 41.8. The van der Waals surface area contributed by atoms with Crippen LogP contribution in [0.3, 0.4) is 0 Å². The lowest BCUT2D eigenvalue weighted by molar-refractivity contribution is -0.213. The van der Waals surface area contributed by atoms with Crippen LogP contribution in [0.4, 0.5) is 0 Å². The van der Waals surface area contributed by atoms with Gasteiger partial charge in [0.25, 0.3) is 0 Å². The van der Waals surface area contributed by atoms with Crippen molar-refractivity contribution in [1.82, 2.24) is 0 Å². The Balaban J connectivity index is 2.18. The van der Waals surface area contributed by atoms with Crippen molar-refractivity contribution in [3.05, 3.63) is 24.8 Å². The summed E-state index contributed by atoms with van der Waals surface area (Å²) < 4.78 is 11.7. The highest BCUT2D eigenvalue weighted by molar-refractivity contribution is 5.91. The van der Waals surface area contributed by atoms with E-state index in [0.717, 1.165) is 25.0 Å². The van der Waals surface area contributed by atoms with Crippen LogP contribution in [0.5, 0.6) is 0 Å². The number of carboxylic acids is 1. The van der Waals surface area contributed by atoms with Crippen LogP contribution in [-0.2, 0) is 28.7 Å². The standard InChI is InChI=1S/C26H36O8/c1-6-24(4)13-18(33-21(32)14-27)25(5)15(2)9-11-26(12-10-17(28)22(25)26)16(3)23(24)34-20(31)8-7-19(29)30/h6-8,15-16,18,22-23,27H,1,9-14H2,2-5H3,(H,29,30)/b8-7+/t15-,16+,18-,22-,23+,24-,25+,26+/m1/s1. The van der Waals surface area contributed by atoms with Crippen LogP contribution in [0.25, 0.3) is 0 Å². The van der Waals surface area contributed by atoms with E-state index in [0.29, 0.717) is 12.8 Å². The highest BCUT2D eigenvalue weighted by atomic mass is 16.6. The monoisotopic (exact) mass is 476 g/mol. The maximum Gasteiger partial charge on any atom is 0.332 e. The molecule has 188 valence electrons. The third-order valence-electron chi connectivity index (χ3n) is 9.26. The molecular weight excluding hydrogens is 440 g/mol. The van der Waals surface area contributed by atoms with Gasteiger partial charge >= 0.3 is 17.9 Å². The van der Waals surface area contributed by atoms with Crippen molar-refractivity contribution in [2.24, 2.45) is 34.0 Å². The van der Waals surface area contributed by atoms with Gasteiger partial charge in [0.2, 0.25) is 0 Å². The molecule has 0 saturated heterocycles. The number of ether oxygens (including phenoxy) is 2. The molecule has 0 unspecified atom stereocenters. The number of carboxylic acid groups (broad SMARTS) is 1. The van der Waals surface area contributed by atoms with Gasteiger partial charge in [-0.15, -0.1) is 6.58 Å². The number of aliphatic carboxylic acids is 1. The summed E-state index contributed by atoms with van der Waals surface area (Å²) in [5.41, 5.74) is -1.96. The summed E-state index contributed by atoms with van der Waals surface area (Å²) in [4.78, 5) is 49.2. The summed E-state index contributed by atoms with van der Waals surface area (Å²) in [6.45, 7) is 11.2. The van der Waals surface area contributed by atoms with Gasteiger partial charge in [0.15, 0.2) is 0 Å². The number of Topliss-reactive ketones (excluding diaryl/α,β-unsaturated/α-hetero) is 1. The Kier molecular flexibility index (Phi) is 7.14. The molecule has 8 nitrogen and oxygen atoms in total. The summed E-state index contributed by atoms with van der Waals surface area (Å²) in [5.74, 6) is -3.22. The van der Waals surface area contributed by atoms with E-state index in [-0.39, 0.29) is 30.0 Å². The maximum atomic E-state index is 13.4. The minimum atomic E-state index is -1.26. The third kappa shape index (κ3) is 4.10. The van der Waals surface area contributed by atoms with Crippen LogP contribution in [0.2, 0.25) is 0 Å². The predicted octanol–water partition coefficient (Wildman–Crippen LogP) is 3.08. The molecule has 3 aliphatic carbocycles. The first kappa shape index (κ1) is 26.1. The van der Waals surface area contributed by atoms with Crippen LogP contribution in [-0.4, -0.2) is 52.7 Å². The Labute approximate surface area is 200 Å². The number of carbonyl (C=O) groups is 4. The number of aliphatic hydroxyl groups excluding tert-OH is 1. The van der Waals surface area contributed by atoms with Crippen molar-refractivity contribution >= 4 is 23.7 Å². The van der Waals surface area contributed by atoms with Crippen LogP contribution >= 0.6 is 0 Å². The molecule has 2 bridgehead atoms. The van der Waals surface area contributed by atoms with Crippen molar-refractivity contribution in [2.45, 2.75) is 72.0 Å². The van der Waals surface area contributed by atoms with Crippen molar-refractivity contribution in [1.29, 1.82) is 0 Å². The van der Waals surface area contributed by atoms with Crippen LogP contribution in [0.15, 0.2) is 24.8 Å². The van der Waals surface area contributed by atoms with Crippen molar-refractivity contribution in [3.8, 4) is 0 Å². The van der Waals surface area contributed by atoms with E-state index in [1.54, 1.807) is 6.08 Å². The zero-order valence-electron chi connectivity index (χ0n) is 20.4. The number of hydrogen-bond donors (Lipinski definition) is 2. The number of ketones is 1. The Morgan fingerprint density at radius 2 is 1.82 bits per heavy atom. The van der Waals surface area contributed by atoms with Crippen molar-refractivity contribution in [3.63, 3.8) is 0 Å². The molecule has 8 heteroatoms. The van der Waals surface area contributed by atoms with Gasteiger partial charge in [-0.3, -0.25) is 4.79 Å². The summed E-state index contributed by atoms with van der Waals surface area (Å²) >= 11 is 0. The number of hydrogen-bond acceptors (Lipinski definition) is 7. The number of aliphatic hydroxyl groups is 1. The lowest BCUT2D eigenvalue weighted by atomic mass is 9.44. The fraction of sp³-hybridized carbons (Fsp3) is 0.692. The first-order valence-corrected chi connectivity index (χ1v) is 11.9. The summed E-state index contributed by atoms with van der Waals surface area (Å²) in [7, 11) is 0.